The first-order valence-corrected chi connectivity index (χ1v) is 6.82. The lowest BCUT2D eigenvalue weighted by Crippen LogP contribution is -2.51. The molecule has 0 saturated carbocycles. The van der Waals surface area contributed by atoms with Crippen LogP contribution in [0.25, 0.3) is 0 Å². The molecule has 1 aliphatic rings. The van der Waals surface area contributed by atoms with Crippen molar-refractivity contribution in [2.45, 2.75) is 25.8 Å². The number of carbonyl (C=O) groups excluding carboxylic acids is 1. The Balaban J connectivity index is 2.11. The van der Waals surface area contributed by atoms with Crippen molar-refractivity contribution in [3.63, 3.8) is 0 Å². The molecular formula is C15H17N3O3. The maximum Gasteiger partial charge on any atom is 0.326 e. The lowest BCUT2D eigenvalue weighted by Gasteiger charge is -2.35. The van der Waals surface area contributed by atoms with Crippen LogP contribution in [-0.4, -0.2) is 34.6 Å². The first-order valence-electron chi connectivity index (χ1n) is 6.82. The summed E-state index contributed by atoms with van der Waals surface area (Å²) in [4.78, 5) is 24.9. The molecule has 2 N–H and O–H groups in total. The maximum atomic E-state index is 12.3. The lowest BCUT2D eigenvalue weighted by atomic mass is 9.93. The van der Waals surface area contributed by atoms with Crippen LogP contribution in [0, 0.1) is 17.2 Å². The van der Waals surface area contributed by atoms with Crippen LogP contribution in [0.5, 0.6) is 0 Å². The summed E-state index contributed by atoms with van der Waals surface area (Å²) in [6.45, 7) is 2.41. The number of piperidine rings is 1. The summed E-state index contributed by atoms with van der Waals surface area (Å²) < 4.78 is 0. The number of likely N-dealkylation sites (tertiary alicyclic amines) is 1. The van der Waals surface area contributed by atoms with Gasteiger partial charge in [-0.1, -0.05) is 13.0 Å². The van der Waals surface area contributed by atoms with Gasteiger partial charge in [0.25, 0.3) is 0 Å². The Morgan fingerprint density at radius 3 is 2.90 bits per heavy atom. The molecule has 2 amide bonds. The van der Waals surface area contributed by atoms with E-state index in [0.29, 0.717) is 24.2 Å². The molecule has 6 heteroatoms. The average molecular weight is 287 g/mol. The van der Waals surface area contributed by atoms with E-state index >= 15 is 0 Å². The number of benzene rings is 1. The third-order valence-corrected chi connectivity index (χ3v) is 3.65. The van der Waals surface area contributed by atoms with Gasteiger partial charge in [0, 0.05) is 12.2 Å². The molecule has 1 saturated heterocycles. The molecule has 0 aliphatic carbocycles. The molecule has 2 rings (SSSR count). The molecule has 1 aromatic carbocycles. The predicted molar refractivity (Wildman–Crippen MR) is 76.7 cm³/mol. The average Bonchev–Trinajstić information content (AvgIpc) is 2.47. The van der Waals surface area contributed by atoms with Gasteiger partial charge in [0.05, 0.1) is 11.6 Å². The molecule has 2 unspecified atom stereocenters. The molecule has 1 aliphatic heterocycles. The fourth-order valence-electron chi connectivity index (χ4n) is 2.48. The summed E-state index contributed by atoms with van der Waals surface area (Å²) in [5, 5.41) is 20.8. The summed E-state index contributed by atoms with van der Waals surface area (Å²) >= 11 is 0. The molecule has 0 aromatic heterocycles. The van der Waals surface area contributed by atoms with E-state index in [9.17, 15) is 14.7 Å². The van der Waals surface area contributed by atoms with Gasteiger partial charge < -0.3 is 15.3 Å². The van der Waals surface area contributed by atoms with Crippen LogP contribution in [0.15, 0.2) is 24.3 Å². The Morgan fingerprint density at radius 2 is 2.24 bits per heavy atom. The van der Waals surface area contributed by atoms with E-state index in [1.165, 1.54) is 4.90 Å². The number of rotatable bonds is 2. The van der Waals surface area contributed by atoms with Gasteiger partial charge in [-0.05, 0) is 37.0 Å². The van der Waals surface area contributed by atoms with Gasteiger partial charge in [-0.15, -0.1) is 0 Å². The molecule has 6 nitrogen and oxygen atoms in total. The third kappa shape index (κ3) is 3.51. The van der Waals surface area contributed by atoms with E-state index in [4.69, 9.17) is 5.26 Å². The number of hydrogen-bond acceptors (Lipinski definition) is 3. The van der Waals surface area contributed by atoms with Crippen molar-refractivity contribution in [3.05, 3.63) is 29.8 Å². The predicted octanol–water partition coefficient (Wildman–Crippen LogP) is 2.28. The Labute approximate surface area is 123 Å². The number of nitrogens with one attached hydrogen (secondary N) is 1. The topological polar surface area (TPSA) is 93.4 Å². The number of carboxylic acids is 1. The second-order valence-electron chi connectivity index (χ2n) is 5.30. The molecule has 2 atom stereocenters. The van der Waals surface area contributed by atoms with Gasteiger partial charge in [0.2, 0.25) is 0 Å². The zero-order valence-corrected chi connectivity index (χ0v) is 11.7. The Hall–Kier alpha value is -2.55. The van der Waals surface area contributed by atoms with Crippen LogP contribution >= 0.6 is 0 Å². The number of hydrogen-bond donors (Lipinski definition) is 2. The van der Waals surface area contributed by atoms with Crippen molar-refractivity contribution in [3.8, 4) is 6.07 Å². The Morgan fingerprint density at radius 1 is 1.48 bits per heavy atom. The zero-order valence-electron chi connectivity index (χ0n) is 11.7. The van der Waals surface area contributed by atoms with E-state index in [1.807, 2.05) is 13.0 Å². The maximum absolute atomic E-state index is 12.3. The number of carbonyl (C=O) groups is 2. The molecule has 0 radical (unpaired) electrons. The molecule has 1 fully saturated rings. The summed E-state index contributed by atoms with van der Waals surface area (Å²) in [6, 6.07) is 7.28. The van der Waals surface area contributed by atoms with Crippen LogP contribution in [0.1, 0.15) is 25.3 Å². The number of nitriles is 1. The molecule has 0 spiro atoms. The molecule has 1 aromatic rings. The van der Waals surface area contributed by atoms with Crippen LogP contribution in [0.3, 0.4) is 0 Å². The van der Waals surface area contributed by atoms with E-state index in [0.717, 1.165) is 6.42 Å². The van der Waals surface area contributed by atoms with Crippen molar-refractivity contribution in [2.75, 3.05) is 11.9 Å². The summed E-state index contributed by atoms with van der Waals surface area (Å²) in [5.41, 5.74) is 0.927. The number of anilines is 1. The lowest BCUT2D eigenvalue weighted by molar-refractivity contribution is -0.143. The number of urea groups is 1. The van der Waals surface area contributed by atoms with Crippen LogP contribution in [0.2, 0.25) is 0 Å². The molecular weight excluding hydrogens is 270 g/mol. The highest BCUT2D eigenvalue weighted by Gasteiger charge is 2.34. The van der Waals surface area contributed by atoms with Crippen molar-refractivity contribution >= 4 is 17.7 Å². The van der Waals surface area contributed by atoms with Crippen molar-refractivity contribution in [2.24, 2.45) is 5.92 Å². The summed E-state index contributed by atoms with van der Waals surface area (Å²) in [5.74, 6) is -0.695. The second kappa shape index (κ2) is 6.27. The first-order chi connectivity index (χ1) is 10.0. The number of nitrogens with zero attached hydrogens (tertiary/aromatic N) is 2. The van der Waals surface area contributed by atoms with Crippen molar-refractivity contribution in [1.82, 2.24) is 4.90 Å². The smallest absolute Gasteiger partial charge is 0.326 e. The minimum absolute atomic E-state index is 0.289. The van der Waals surface area contributed by atoms with Gasteiger partial charge >= 0.3 is 12.0 Å². The molecule has 110 valence electrons. The van der Waals surface area contributed by atoms with Gasteiger partial charge in [-0.2, -0.15) is 5.26 Å². The summed E-state index contributed by atoms with van der Waals surface area (Å²) in [7, 11) is 0. The van der Waals surface area contributed by atoms with Gasteiger partial charge in [-0.25, -0.2) is 9.59 Å². The number of aliphatic carboxylic acids is 1. The van der Waals surface area contributed by atoms with E-state index < -0.39 is 18.0 Å². The number of amides is 2. The monoisotopic (exact) mass is 287 g/mol. The SMILES string of the molecule is CC1CCN(C(=O)Nc2cccc(C#N)c2)C(C(=O)O)C1. The van der Waals surface area contributed by atoms with Gasteiger partial charge in [0.15, 0.2) is 0 Å². The Bertz CT molecular complexity index is 594. The third-order valence-electron chi connectivity index (χ3n) is 3.65. The fourth-order valence-corrected chi connectivity index (χ4v) is 2.48. The first kappa shape index (κ1) is 14.9. The molecule has 0 bridgehead atoms. The highest BCUT2D eigenvalue weighted by atomic mass is 16.4. The van der Waals surface area contributed by atoms with Gasteiger partial charge in [-0.3, -0.25) is 0 Å². The van der Waals surface area contributed by atoms with Crippen molar-refractivity contribution < 1.29 is 14.7 Å². The van der Waals surface area contributed by atoms with E-state index in [-0.39, 0.29) is 5.92 Å². The second-order valence-corrected chi connectivity index (χ2v) is 5.30. The highest BCUT2D eigenvalue weighted by molar-refractivity contribution is 5.92. The Kier molecular flexibility index (Phi) is 4.43. The van der Waals surface area contributed by atoms with E-state index in [1.54, 1.807) is 24.3 Å². The van der Waals surface area contributed by atoms with Crippen LogP contribution in [-0.2, 0) is 4.79 Å². The summed E-state index contributed by atoms with van der Waals surface area (Å²) in [6.07, 6.45) is 1.25. The quantitative estimate of drug-likeness (QED) is 0.872. The van der Waals surface area contributed by atoms with Crippen LogP contribution in [0.4, 0.5) is 10.5 Å². The number of carboxylic acid groups (broad SMARTS) is 1. The van der Waals surface area contributed by atoms with Crippen molar-refractivity contribution in [1.29, 1.82) is 5.26 Å². The fraction of sp³-hybridized carbons (Fsp3) is 0.400. The van der Waals surface area contributed by atoms with E-state index in [2.05, 4.69) is 5.32 Å². The largest absolute Gasteiger partial charge is 0.480 e. The van der Waals surface area contributed by atoms with Crippen LogP contribution < -0.4 is 5.32 Å². The molecule has 21 heavy (non-hydrogen) atoms. The highest BCUT2D eigenvalue weighted by Crippen LogP contribution is 2.23. The molecule has 1 heterocycles. The normalized spacial score (nSPS) is 21.4. The minimum Gasteiger partial charge on any atom is -0.480 e. The van der Waals surface area contributed by atoms with Gasteiger partial charge in [0.1, 0.15) is 6.04 Å². The minimum atomic E-state index is -0.984. The zero-order chi connectivity index (χ0) is 15.4. The standard InChI is InChI=1S/C15H17N3O3/c1-10-5-6-18(13(7-10)14(19)20)15(21)17-12-4-2-3-11(8-12)9-16/h2-4,8,10,13H,5-7H2,1H3,(H,17,21)(H,19,20).